The number of aromatic nitrogens is 2. The molecule has 0 spiro atoms. The van der Waals surface area contributed by atoms with Gasteiger partial charge in [-0.2, -0.15) is 0 Å². The van der Waals surface area contributed by atoms with E-state index >= 15 is 0 Å². The molecule has 2 rings (SSSR count). The lowest BCUT2D eigenvalue weighted by Gasteiger charge is -2.19. The summed E-state index contributed by atoms with van der Waals surface area (Å²) in [6.45, 7) is 9.00. The number of unbranched alkanes of at least 4 members (excludes halogenated alkanes) is 1. The van der Waals surface area contributed by atoms with E-state index in [0.717, 1.165) is 30.4 Å². The van der Waals surface area contributed by atoms with Crippen LogP contribution in [-0.4, -0.2) is 39.9 Å². The Balaban J connectivity index is 2.23. The molecule has 2 amide bonds. The van der Waals surface area contributed by atoms with Crippen molar-refractivity contribution in [1.29, 1.82) is 0 Å². The van der Waals surface area contributed by atoms with Crippen LogP contribution in [0.1, 0.15) is 46.4 Å². The fourth-order valence-corrected chi connectivity index (χ4v) is 2.64. The lowest BCUT2D eigenvalue weighted by Crippen LogP contribution is -2.36. The van der Waals surface area contributed by atoms with Crippen LogP contribution < -0.4 is 5.32 Å². The zero-order valence-corrected chi connectivity index (χ0v) is 16.5. The number of imidazole rings is 1. The summed E-state index contributed by atoms with van der Waals surface area (Å²) >= 11 is 0. The maximum atomic E-state index is 12.6. The first-order chi connectivity index (χ1) is 12.2. The van der Waals surface area contributed by atoms with Crippen molar-refractivity contribution in [2.24, 2.45) is 5.41 Å². The van der Waals surface area contributed by atoms with Crippen LogP contribution in [0.5, 0.6) is 0 Å². The third-order valence-corrected chi connectivity index (χ3v) is 4.39. The van der Waals surface area contributed by atoms with E-state index in [-0.39, 0.29) is 18.4 Å². The smallest absolute Gasteiger partial charge is 0.242 e. The molecule has 1 aromatic heterocycles. The molecular formula is C20H30N4O2. The Kier molecular flexibility index (Phi) is 6.40. The Morgan fingerprint density at radius 3 is 2.58 bits per heavy atom. The van der Waals surface area contributed by atoms with Crippen molar-refractivity contribution in [3.8, 4) is 0 Å². The molecule has 1 aromatic carbocycles. The van der Waals surface area contributed by atoms with Crippen LogP contribution in [0.2, 0.25) is 0 Å². The van der Waals surface area contributed by atoms with Crippen molar-refractivity contribution in [2.75, 3.05) is 13.6 Å². The summed E-state index contributed by atoms with van der Waals surface area (Å²) in [6.07, 6.45) is 2.04. The van der Waals surface area contributed by atoms with Gasteiger partial charge in [0.1, 0.15) is 12.4 Å². The normalized spacial score (nSPS) is 11.6. The highest BCUT2D eigenvalue weighted by Gasteiger charge is 2.22. The van der Waals surface area contributed by atoms with Gasteiger partial charge in [-0.15, -0.1) is 0 Å². The molecule has 0 bridgehead atoms. The number of rotatable bonds is 7. The van der Waals surface area contributed by atoms with Crippen LogP contribution in [0.3, 0.4) is 0 Å². The van der Waals surface area contributed by atoms with Crippen LogP contribution in [0.15, 0.2) is 24.3 Å². The molecule has 0 aliphatic rings. The number of nitrogens with one attached hydrogen (secondary N) is 1. The Bertz CT molecular complexity index is 774. The highest BCUT2D eigenvalue weighted by molar-refractivity contribution is 5.82. The van der Waals surface area contributed by atoms with E-state index in [1.54, 1.807) is 4.90 Å². The second kappa shape index (κ2) is 8.34. The van der Waals surface area contributed by atoms with Gasteiger partial charge in [0.15, 0.2) is 0 Å². The number of benzene rings is 1. The van der Waals surface area contributed by atoms with E-state index in [1.807, 2.05) is 56.7 Å². The summed E-state index contributed by atoms with van der Waals surface area (Å²) in [5.74, 6) is 0.702. The topological polar surface area (TPSA) is 67.2 Å². The minimum absolute atomic E-state index is 0.0394. The van der Waals surface area contributed by atoms with Crippen molar-refractivity contribution < 1.29 is 9.59 Å². The van der Waals surface area contributed by atoms with Crippen molar-refractivity contribution in [1.82, 2.24) is 19.8 Å². The fourth-order valence-electron chi connectivity index (χ4n) is 2.64. The van der Waals surface area contributed by atoms with Gasteiger partial charge in [-0.25, -0.2) is 4.98 Å². The van der Waals surface area contributed by atoms with Crippen LogP contribution in [0.4, 0.5) is 0 Å². The largest absolute Gasteiger partial charge is 0.348 e. The number of fused-ring (bicyclic) bond motifs is 1. The lowest BCUT2D eigenvalue weighted by atomic mass is 9.96. The standard InChI is InChI=1S/C20H30N4O2/c1-6-7-12-23(5)18(25)14-24-16-11-9-8-10-15(16)22-17(24)13-21-19(26)20(2,3)4/h8-11H,6-7,12-14H2,1-5H3,(H,21,26). The molecule has 1 N–H and O–H groups in total. The molecule has 0 fully saturated rings. The predicted molar refractivity (Wildman–Crippen MR) is 104 cm³/mol. The molecule has 2 aromatic rings. The molecule has 6 nitrogen and oxygen atoms in total. The number of hydrogen-bond donors (Lipinski definition) is 1. The van der Waals surface area contributed by atoms with Gasteiger partial charge in [-0.3, -0.25) is 9.59 Å². The number of likely N-dealkylation sites (N-methyl/N-ethyl adjacent to an activating group) is 1. The molecule has 0 radical (unpaired) electrons. The molecular weight excluding hydrogens is 328 g/mol. The molecule has 26 heavy (non-hydrogen) atoms. The Morgan fingerprint density at radius 2 is 1.92 bits per heavy atom. The van der Waals surface area contributed by atoms with Gasteiger partial charge in [0.2, 0.25) is 11.8 Å². The molecule has 0 atom stereocenters. The average Bonchev–Trinajstić information content (AvgIpc) is 2.94. The first-order valence-electron chi connectivity index (χ1n) is 9.20. The van der Waals surface area contributed by atoms with Crippen LogP contribution in [0.25, 0.3) is 11.0 Å². The molecule has 0 saturated heterocycles. The number of carbonyl (C=O) groups excluding carboxylic acids is 2. The lowest BCUT2D eigenvalue weighted by molar-refractivity contribution is -0.130. The average molecular weight is 358 g/mol. The molecule has 0 aliphatic carbocycles. The summed E-state index contributed by atoms with van der Waals surface area (Å²) < 4.78 is 1.91. The molecule has 142 valence electrons. The van der Waals surface area contributed by atoms with Crippen molar-refractivity contribution in [3.63, 3.8) is 0 Å². The summed E-state index contributed by atoms with van der Waals surface area (Å²) in [5.41, 5.74) is 1.27. The highest BCUT2D eigenvalue weighted by atomic mass is 16.2. The van der Waals surface area contributed by atoms with E-state index in [9.17, 15) is 9.59 Å². The van der Waals surface area contributed by atoms with E-state index in [4.69, 9.17) is 0 Å². The van der Waals surface area contributed by atoms with Gasteiger partial charge in [0.25, 0.3) is 0 Å². The first-order valence-corrected chi connectivity index (χ1v) is 9.20. The van der Waals surface area contributed by atoms with Gasteiger partial charge in [0, 0.05) is 19.0 Å². The second-order valence-corrected chi connectivity index (χ2v) is 7.70. The number of amides is 2. The van der Waals surface area contributed by atoms with Crippen molar-refractivity contribution >= 4 is 22.8 Å². The van der Waals surface area contributed by atoms with Gasteiger partial charge in [0.05, 0.1) is 17.6 Å². The molecule has 0 aliphatic heterocycles. The van der Waals surface area contributed by atoms with Gasteiger partial charge < -0.3 is 14.8 Å². The SMILES string of the molecule is CCCCN(C)C(=O)Cn1c(CNC(=O)C(C)(C)C)nc2ccccc21. The zero-order chi connectivity index (χ0) is 19.3. The van der Waals surface area contributed by atoms with E-state index in [2.05, 4.69) is 17.2 Å². The Morgan fingerprint density at radius 1 is 1.23 bits per heavy atom. The molecule has 6 heteroatoms. The highest BCUT2D eigenvalue weighted by Crippen LogP contribution is 2.18. The first kappa shape index (κ1) is 19.9. The van der Waals surface area contributed by atoms with Gasteiger partial charge in [-0.1, -0.05) is 46.2 Å². The van der Waals surface area contributed by atoms with E-state index < -0.39 is 5.41 Å². The fraction of sp³-hybridized carbons (Fsp3) is 0.550. The van der Waals surface area contributed by atoms with E-state index in [0.29, 0.717) is 12.4 Å². The van der Waals surface area contributed by atoms with Crippen molar-refractivity contribution in [2.45, 2.75) is 53.6 Å². The predicted octanol–water partition coefficient (Wildman–Crippen LogP) is 2.96. The summed E-state index contributed by atoms with van der Waals surface area (Å²) in [4.78, 5) is 31.2. The maximum absolute atomic E-state index is 12.6. The number of carbonyl (C=O) groups is 2. The van der Waals surface area contributed by atoms with Crippen LogP contribution in [-0.2, 0) is 22.7 Å². The molecule has 0 saturated carbocycles. The third kappa shape index (κ3) is 4.84. The summed E-state index contributed by atoms with van der Waals surface area (Å²) in [5, 5.41) is 2.93. The van der Waals surface area contributed by atoms with E-state index in [1.165, 1.54) is 0 Å². The molecule has 0 unspecified atom stereocenters. The third-order valence-electron chi connectivity index (χ3n) is 4.39. The Hall–Kier alpha value is -2.37. The molecule has 1 heterocycles. The van der Waals surface area contributed by atoms with Crippen LogP contribution >= 0.6 is 0 Å². The maximum Gasteiger partial charge on any atom is 0.242 e. The quantitative estimate of drug-likeness (QED) is 0.827. The number of nitrogens with zero attached hydrogens (tertiary/aromatic N) is 3. The monoisotopic (exact) mass is 358 g/mol. The number of para-hydroxylation sites is 2. The zero-order valence-electron chi connectivity index (χ0n) is 16.5. The van der Waals surface area contributed by atoms with Crippen LogP contribution in [0, 0.1) is 5.41 Å². The van der Waals surface area contributed by atoms with Gasteiger partial charge >= 0.3 is 0 Å². The number of hydrogen-bond acceptors (Lipinski definition) is 3. The van der Waals surface area contributed by atoms with Gasteiger partial charge in [-0.05, 0) is 18.6 Å². The Labute approximate surface area is 155 Å². The van der Waals surface area contributed by atoms with Crippen molar-refractivity contribution in [3.05, 3.63) is 30.1 Å². The summed E-state index contributed by atoms with van der Waals surface area (Å²) in [7, 11) is 1.83. The summed E-state index contributed by atoms with van der Waals surface area (Å²) in [6, 6.07) is 7.73. The minimum Gasteiger partial charge on any atom is -0.348 e. The second-order valence-electron chi connectivity index (χ2n) is 7.70. The minimum atomic E-state index is -0.465.